The normalized spacial score (nSPS) is 10.9. The maximum atomic E-state index is 10.4. The van der Waals surface area contributed by atoms with Gasteiger partial charge in [0.15, 0.2) is 5.82 Å². The summed E-state index contributed by atoms with van der Waals surface area (Å²) >= 11 is 1.08. The molecular weight excluding hydrogens is 228 g/mol. The van der Waals surface area contributed by atoms with Crippen LogP contribution in [0.1, 0.15) is 26.1 Å². The monoisotopic (exact) mass is 244 g/mol. The lowest BCUT2D eigenvalue weighted by Crippen LogP contribution is -2.15. The van der Waals surface area contributed by atoms with Crippen LogP contribution < -0.4 is 5.84 Å². The van der Waals surface area contributed by atoms with Crippen molar-refractivity contribution in [2.75, 3.05) is 11.6 Å². The fraction of sp³-hybridized carbons (Fsp3) is 0.667. The Hall–Kier alpha value is -1.24. The second kappa shape index (κ2) is 5.74. The summed E-state index contributed by atoms with van der Waals surface area (Å²) in [4.78, 5) is 10.4. The topological polar surface area (TPSA) is 94.0 Å². The van der Waals surface area contributed by atoms with Gasteiger partial charge in [-0.2, -0.15) is 0 Å². The van der Waals surface area contributed by atoms with Gasteiger partial charge in [0, 0.05) is 6.42 Å². The first-order chi connectivity index (χ1) is 7.50. The first-order valence-corrected chi connectivity index (χ1v) is 6.03. The molecule has 0 spiro atoms. The van der Waals surface area contributed by atoms with Crippen molar-refractivity contribution >= 4 is 17.7 Å². The lowest BCUT2D eigenvalue weighted by molar-refractivity contribution is -0.133. The van der Waals surface area contributed by atoms with Crippen LogP contribution in [0.25, 0.3) is 0 Å². The zero-order chi connectivity index (χ0) is 12.1. The van der Waals surface area contributed by atoms with Gasteiger partial charge in [0.2, 0.25) is 5.16 Å². The Kier molecular flexibility index (Phi) is 4.60. The van der Waals surface area contributed by atoms with E-state index in [2.05, 4.69) is 24.0 Å². The molecule has 0 radical (unpaired) electrons. The minimum absolute atomic E-state index is 0.0560. The summed E-state index contributed by atoms with van der Waals surface area (Å²) < 4.78 is 1.37. The molecule has 0 aliphatic heterocycles. The van der Waals surface area contributed by atoms with Crippen LogP contribution in [0.3, 0.4) is 0 Å². The summed E-state index contributed by atoms with van der Waals surface area (Å²) in [7, 11) is 0. The largest absolute Gasteiger partial charge is 0.481 e. The zero-order valence-electron chi connectivity index (χ0n) is 9.38. The summed E-state index contributed by atoms with van der Waals surface area (Å²) in [6.07, 6.45) is 1.74. The highest BCUT2D eigenvalue weighted by Gasteiger charge is 2.11. The number of aliphatic carboxylic acids is 1. The van der Waals surface area contributed by atoms with Gasteiger partial charge in [0.05, 0.1) is 5.75 Å². The number of hydrogen-bond acceptors (Lipinski definition) is 5. The highest BCUT2D eigenvalue weighted by atomic mass is 32.2. The second-order valence-corrected chi connectivity index (χ2v) is 4.83. The molecule has 6 nitrogen and oxygen atoms in total. The second-order valence-electron chi connectivity index (χ2n) is 3.88. The molecule has 0 aliphatic carbocycles. The number of carboxylic acids is 1. The Balaban J connectivity index is 2.57. The molecule has 0 atom stereocenters. The van der Waals surface area contributed by atoms with E-state index in [-0.39, 0.29) is 5.75 Å². The Bertz CT molecular complexity index is 364. The number of thioether (sulfide) groups is 1. The third kappa shape index (κ3) is 3.73. The number of rotatable bonds is 6. The van der Waals surface area contributed by atoms with Gasteiger partial charge in [-0.15, -0.1) is 10.2 Å². The summed E-state index contributed by atoms with van der Waals surface area (Å²) in [6, 6.07) is 0. The average Bonchev–Trinajstić information content (AvgIpc) is 2.53. The van der Waals surface area contributed by atoms with E-state index in [9.17, 15) is 4.79 Å². The van der Waals surface area contributed by atoms with Crippen molar-refractivity contribution in [3.05, 3.63) is 5.82 Å². The first kappa shape index (κ1) is 12.8. The molecule has 90 valence electrons. The van der Waals surface area contributed by atoms with E-state index in [1.807, 2.05) is 0 Å². The average molecular weight is 244 g/mol. The van der Waals surface area contributed by atoms with Crippen LogP contribution in [0, 0.1) is 5.92 Å². The number of nitrogen functional groups attached to an aromatic ring is 1. The van der Waals surface area contributed by atoms with Gasteiger partial charge in [0.1, 0.15) is 0 Å². The minimum atomic E-state index is -0.892. The molecule has 7 heteroatoms. The van der Waals surface area contributed by atoms with Gasteiger partial charge in [0.25, 0.3) is 0 Å². The van der Waals surface area contributed by atoms with Gasteiger partial charge in [-0.25, -0.2) is 4.68 Å². The molecule has 3 N–H and O–H groups in total. The highest BCUT2D eigenvalue weighted by molar-refractivity contribution is 7.99. The van der Waals surface area contributed by atoms with Gasteiger partial charge >= 0.3 is 5.97 Å². The van der Waals surface area contributed by atoms with Gasteiger partial charge in [-0.3, -0.25) is 4.79 Å². The number of hydrogen-bond donors (Lipinski definition) is 2. The predicted molar refractivity (Wildman–Crippen MR) is 61.7 cm³/mol. The van der Waals surface area contributed by atoms with Crippen molar-refractivity contribution in [1.29, 1.82) is 0 Å². The van der Waals surface area contributed by atoms with Crippen LogP contribution in [-0.2, 0) is 11.2 Å². The van der Waals surface area contributed by atoms with E-state index < -0.39 is 5.97 Å². The Morgan fingerprint density at radius 1 is 1.56 bits per heavy atom. The Labute approximate surface area is 98.2 Å². The summed E-state index contributed by atoms with van der Waals surface area (Å²) in [5, 5.41) is 16.8. The molecule has 1 aromatic rings. The van der Waals surface area contributed by atoms with E-state index in [1.165, 1.54) is 4.68 Å². The van der Waals surface area contributed by atoms with Gasteiger partial charge in [-0.05, 0) is 12.3 Å². The van der Waals surface area contributed by atoms with Crippen LogP contribution in [0.5, 0.6) is 0 Å². The standard InChI is InChI=1S/C9H16N4O2S/c1-6(2)3-4-7-11-12-9(13(7)10)16-5-8(14)15/h6H,3-5,10H2,1-2H3,(H,14,15). The van der Waals surface area contributed by atoms with E-state index in [1.54, 1.807) is 0 Å². The molecule has 0 aromatic carbocycles. The first-order valence-electron chi connectivity index (χ1n) is 5.04. The molecular formula is C9H16N4O2S. The van der Waals surface area contributed by atoms with E-state index in [0.717, 1.165) is 24.6 Å². The zero-order valence-corrected chi connectivity index (χ0v) is 10.2. The van der Waals surface area contributed by atoms with Crippen molar-refractivity contribution < 1.29 is 9.90 Å². The fourth-order valence-electron chi connectivity index (χ4n) is 1.12. The summed E-state index contributed by atoms with van der Waals surface area (Å²) in [6.45, 7) is 4.24. The third-order valence-electron chi connectivity index (χ3n) is 2.01. The van der Waals surface area contributed by atoms with Crippen LogP contribution in [0.2, 0.25) is 0 Å². The molecule has 0 fully saturated rings. The SMILES string of the molecule is CC(C)CCc1nnc(SCC(=O)O)n1N. The maximum absolute atomic E-state index is 10.4. The number of carbonyl (C=O) groups is 1. The van der Waals surface area contributed by atoms with E-state index in [0.29, 0.717) is 16.9 Å². The molecule has 0 bridgehead atoms. The smallest absolute Gasteiger partial charge is 0.313 e. The lowest BCUT2D eigenvalue weighted by Gasteiger charge is -2.04. The van der Waals surface area contributed by atoms with Crippen LogP contribution in [0.15, 0.2) is 5.16 Å². The van der Waals surface area contributed by atoms with Crippen molar-refractivity contribution in [1.82, 2.24) is 14.9 Å². The lowest BCUT2D eigenvalue weighted by atomic mass is 10.1. The van der Waals surface area contributed by atoms with Gasteiger partial charge in [-0.1, -0.05) is 25.6 Å². The molecule has 16 heavy (non-hydrogen) atoms. The quantitative estimate of drug-likeness (QED) is 0.566. The molecule has 0 saturated heterocycles. The third-order valence-corrected chi connectivity index (χ3v) is 2.93. The molecule has 1 heterocycles. The van der Waals surface area contributed by atoms with Crippen molar-refractivity contribution in [3.8, 4) is 0 Å². The van der Waals surface area contributed by atoms with Crippen LogP contribution >= 0.6 is 11.8 Å². The minimum Gasteiger partial charge on any atom is -0.481 e. The Morgan fingerprint density at radius 3 is 2.81 bits per heavy atom. The molecule has 0 unspecified atom stereocenters. The molecule has 0 saturated carbocycles. The highest BCUT2D eigenvalue weighted by Crippen LogP contribution is 2.15. The van der Waals surface area contributed by atoms with Crippen molar-refractivity contribution in [3.63, 3.8) is 0 Å². The van der Waals surface area contributed by atoms with E-state index >= 15 is 0 Å². The van der Waals surface area contributed by atoms with Crippen LogP contribution in [-0.4, -0.2) is 31.7 Å². The Morgan fingerprint density at radius 2 is 2.25 bits per heavy atom. The van der Waals surface area contributed by atoms with Gasteiger partial charge < -0.3 is 10.9 Å². The summed E-state index contributed by atoms with van der Waals surface area (Å²) in [5.41, 5.74) is 0. The van der Waals surface area contributed by atoms with Crippen molar-refractivity contribution in [2.24, 2.45) is 5.92 Å². The number of nitrogens with two attached hydrogens (primary N) is 1. The molecule has 0 aliphatic rings. The number of aryl methyl sites for hydroxylation is 1. The fourth-order valence-corrected chi connectivity index (χ4v) is 1.72. The maximum Gasteiger partial charge on any atom is 0.313 e. The summed E-state index contributed by atoms with van der Waals surface area (Å²) in [5.74, 6) is 6.08. The molecule has 1 aromatic heterocycles. The predicted octanol–water partition coefficient (Wildman–Crippen LogP) is 0.757. The van der Waals surface area contributed by atoms with Crippen LogP contribution in [0.4, 0.5) is 0 Å². The van der Waals surface area contributed by atoms with Crippen molar-refractivity contribution in [2.45, 2.75) is 31.8 Å². The molecule has 0 amide bonds. The number of aromatic nitrogens is 3. The number of carboxylic acid groups (broad SMARTS) is 1. The molecule has 1 rings (SSSR count). The van der Waals surface area contributed by atoms with E-state index in [4.69, 9.17) is 10.9 Å². The number of nitrogens with zero attached hydrogens (tertiary/aromatic N) is 3.